The van der Waals surface area contributed by atoms with E-state index in [0.717, 1.165) is 0 Å². The van der Waals surface area contributed by atoms with Crippen LogP contribution in [0.2, 0.25) is 0 Å². The molecule has 0 fully saturated rings. The van der Waals surface area contributed by atoms with Crippen LogP contribution in [0.4, 0.5) is 0 Å². The minimum Gasteiger partial charge on any atom is -0.386 e. The van der Waals surface area contributed by atoms with Crippen LogP contribution in [0.5, 0.6) is 0 Å². The van der Waals surface area contributed by atoms with Crippen LogP contribution in [0, 0.1) is 0 Å². The molecule has 82 valence electrons. The number of aromatic nitrogens is 1. The Hall–Kier alpha value is -1.69. The minimum atomic E-state index is -3.30. The third-order valence-corrected chi connectivity index (χ3v) is 4.32. The van der Waals surface area contributed by atoms with Crippen molar-refractivity contribution < 1.29 is 13.3 Å². The Morgan fingerprint density at radius 2 is 2.19 bits per heavy atom. The Kier molecular flexibility index (Phi) is 1.88. The number of nitrogens with zero attached hydrogens (tertiary/aromatic N) is 2. The van der Waals surface area contributed by atoms with E-state index in [1.807, 2.05) is 0 Å². The standard InChI is InChI=1S/C10H8N2O3S/c13-16(14)6-4-8-10(16)9(12-15-8)7-3-1-2-5-11-7/h1-6,8,10H. The second kappa shape index (κ2) is 3.15. The lowest BCUT2D eigenvalue weighted by Crippen LogP contribution is -2.31. The fraction of sp³-hybridized carbons (Fsp3) is 0.200. The van der Waals surface area contributed by atoms with Crippen molar-refractivity contribution >= 4 is 15.5 Å². The van der Waals surface area contributed by atoms with Gasteiger partial charge in [-0.25, -0.2) is 8.42 Å². The largest absolute Gasteiger partial charge is 0.386 e. The van der Waals surface area contributed by atoms with Crippen LogP contribution in [0.3, 0.4) is 0 Å². The fourth-order valence-corrected chi connectivity index (χ4v) is 3.37. The van der Waals surface area contributed by atoms with Crippen molar-refractivity contribution in [2.45, 2.75) is 11.4 Å². The van der Waals surface area contributed by atoms with Gasteiger partial charge in [0.15, 0.2) is 21.2 Å². The number of hydrogen-bond donors (Lipinski definition) is 0. The highest BCUT2D eigenvalue weighted by Gasteiger charge is 2.46. The highest BCUT2D eigenvalue weighted by atomic mass is 32.2. The number of hydrogen-bond acceptors (Lipinski definition) is 5. The molecule has 5 nitrogen and oxygen atoms in total. The molecule has 0 aliphatic carbocycles. The van der Waals surface area contributed by atoms with Gasteiger partial charge in [-0.2, -0.15) is 0 Å². The highest BCUT2D eigenvalue weighted by molar-refractivity contribution is 7.96. The van der Waals surface area contributed by atoms with E-state index in [1.54, 1.807) is 24.4 Å². The fourth-order valence-electron chi connectivity index (χ4n) is 1.84. The Morgan fingerprint density at radius 3 is 2.94 bits per heavy atom. The molecule has 0 saturated carbocycles. The number of oxime groups is 1. The zero-order valence-electron chi connectivity index (χ0n) is 8.15. The van der Waals surface area contributed by atoms with E-state index >= 15 is 0 Å². The van der Waals surface area contributed by atoms with Gasteiger partial charge in [-0.05, 0) is 18.2 Å². The van der Waals surface area contributed by atoms with Crippen molar-refractivity contribution in [2.24, 2.45) is 5.16 Å². The zero-order valence-corrected chi connectivity index (χ0v) is 8.96. The van der Waals surface area contributed by atoms with E-state index in [4.69, 9.17) is 4.84 Å². The van der Waals surface area contributed by atoms with E-state index in [1.165, 1.54) is 11.5 Å². The summed E-state index contributed by atoms with van der Waals surface area (Å²) in [6.07, 6.45) is 2.61. The molecule has 3 heterocycles. The van der Waals surface area contributed by atoms with Crippen LogP contribution in [0.1, 0.15) is 5.69 Å². The van der Waals surface area contributed by atoms with Crippen molar-refractivity contribution in [3.8, 4) is 0 Å². The number of pyridine rings is 1. The van der Waals surface area contributed by atoms with Gasteiger partial charge in [-0.1, -0.05) is 11.2 Å². The quantitative estimate of drug-likeness (QED) is 0.711. The molecule has 0 spiro atoms. The van der Waals surface area contributed by atoms with Gasteiger partial charge in [0, 0.05) is 11.6 Å². The highest BCUT2D eigenvalue weighted by Crippen LogP contribution is 2.29. The molecule has 2 aliphatic rings. The first-order chi connectivity index (χ1) is 7.68. The molecule has 0 N–H and O–H groups in total. The monoisotopic (exact) mass is 236 g/mol. The van der Waals surface area contributed by atoms with E-state index < -0.39 is 21.2 Å². The molecule has 0 saturated heterocycles. The van der Waals surface area contributed by atoms with Crippen LogP contribution in [-0.4, -0.2) is 30.5 Å². The molecule has 2 unspecified atom stereocenters. The molecule has 0 radical (unpaired) electrons. The maximum absolute atomic E-state index is 11.8. The summed E-state index contributed by atoms with van der Waals surface area (Å²) in [6.45, 7) is 0. The lowest BCUT2D eigenvalue weighted by atomic mass is 10.1. The predicted octanol–water partition coefficient (Wildman–Crippen LogP) is 0.495. The Bertz CT molecular complexity index is 577. The van der Waals surface area contributed by atoms with Crippen LogP contribution < -0.4 is 0 Å². The van der Waals surface area contributed by atoms with Gasteiger partial charge >= 0.3 is 0 Å². The first kappa shape index (κ1) is 9.53. The minimum absolute atomic E-state index is 0.385. The number of sulfone groups is 1. The lowest BCUT2D eigenvalue weighted by molar-refractivity contribution is 0.123. The summed E-state index contributed by atoms with van der Waals surface area (Å²) in [5.74, 6) is 0. The van der Waals surface area contributed by atoms with Gasteiger partial charge in [0.2, 0.25) is 0 Å². The van der Waals surface area contributed by atoms with Crippen molar-refractivity contribution in [3.63, 3.8) is 0 Å². The van der Waals surface area contributed by atoms with Crippen LogP contribution in [-0.2, 0) is 14.7 Å². The summed E-state index contributed by atoms with van der Waals surface area (Å²) >= 11 is 0. The average molecular weight is 236 g/mol. The Morgan fingerprint density at radius 1 is 1.31 bits per heavy atom. The van der Waals surface area contributed by atoms with E-state index in [2.05, 4.69) is 10.1 Å². The number of rotatable bonds is 1. The second-order valence-electron chi connectivity index (χ2n) is 3.60. The Balaban J connectivity index is 2.06. The SMILES string of the molecule is O=S1(=O)C=CC2ON=C(c3ccccn3)C21. The van der Waals surface area contributed by atoms with Gasteiger partial charge in [0.25, 0.3) is 0 Å². The molecule has 6 heteroatoms. The van der Waals surface area contributed by atoms with Crippen molar-refractivity contribution in [1.82, 2.24) is 4.98 Å². The predicted molar refractivity (Wildman–Crippen MR) is 57.5 cm³/mol. The van der Waals surface area contributed by atoms with Crippen molar-refractivity contribution in [1.29, 1.82) is 0 Å². The summed E-state index contributed by atoms with van der Waals surface area (Å²) < 4.78 is 23.5. The summed E-state index contributed by atoms with van der Waals surface area (Å²) in [5.41, 5.74) is 0.929. The second-order valence-corrected chi connectivity index (χ2v) is 5.56. The molecule has 2 aliphatic heterocycles. The first-order valence-corrected chi connectivity index (χ1v) is 6.37. The van der Waals surface area contributed by atoms with Crippen molar-refractivity contribution in [2.75, 3.05) is 0 Å². The molecule has 1 aromatic heterocycles. The molecule has 2 atom stereocenters. The summed E-state index contributed by atoms with van der Waals surface area (Å²) in [4.78, 5) is 9.15. The summed E-state index contributed by atoms with van der Waals surface area (Å²) in [7, 11) is -3.30. The first-order valence-electron chi connectivity index (χ1n) is 4.76. The molecule has 0 aromatic carbocycles. The van der Waals surface area contributed by atoms with Crippen molar-refractivity contribution in [3.05, 3.63) is 41.6 Å². The van der Waals surface area contributed by atoms with Gasteiger partial charge in [-0.3, -0.25) is 4.98 Å². The maximum Gasteiger partial charge on any atom is 0.184 e. The van der Waals surface area contributed by atoms with Gasteiger partial charge < -0.3 is 4.84 Å². The lowest BCUT2D eigenvalue weighted by Gasteiger charge is -2.07. The third kappa shape index (κ3) is 1.26. The van der Waals surface area contributed by atoms with E-state index in [-0.39, 0.29) is 0 Å². The average Bonchev–Trinajstić information content (AvgIpc) is 2.82. The normalized spacial score (nSPS) is 29.6. The zero-order chi connectivity index (χ0) is 11.2. The van der Waals surface area contributed by atoms with E-state index in [0.29, 0.717) is 11.4 Å². The Labute approximate surface area is 92.4 Å². The smallest absolute Gasteiger partial charge is 0.184 e. The van der Waals surface area contributed by atoms with Gasteiger partial charge in [-0.15, -0.1) is 0 Å². The van der Waals surface area contributed by atoms with Crippen LogP contribution in [0.15, 0.2) is 41.0 Å². The molecule has 3 rings (SSSR count). The number of fused-ring (bicyclic) bond motifs is 1. The maximum atomic E-state index is 11.8. The van der Waals surface area contributed by atoms with Gasteiger partial charge in [0.05, 0.1) is 5.69 Å². The third-order valence-electron chi connectivity index (χ3n) is 2.58. The summed E-state index contributed by atoms with van der Waals surface area (Å²) in [6, 6.07) is 5.27. The molecule has 0 amide bonds. The molecule has 0 bridgehead atoms. The van der Waals surface area contributed by atoms with Gasteiger partial charge in [0.1, 0.15) is 5.71 Å². The van der Waals surface area contributed by atoms with Crippen LogP contribution >= 0.6 is 0 Å². The molecule has 1 aromatic rings. The van der Waals surface area contributed by atoms with E-state index in [9.17, 15) is 8.42 Å². The molecular formula is C10H8N2O3S. The topological polar surface area (TPSA) is 68.6 Å². The molecular weight excluding hydrogens is 228 g/mol. The molecule has 16 heavy (non-hydrogen) atoms. The summed E-state index contributed by atoms with van der Waals surface area (Å²) in [5, 5.41) is 4.26. The van der Waals surface area contributed by atoms with Crippen LogP contribution in [0.25, 0.3) is 0 Å².